The number of nitrogens with one attached hydrogen (secondary N) is 1. The molecule has 0 saturated heterocycles. The van der Waals surface area contributed by atoms with E-state index in [1.54, 1.807) is 12.2 Å². The van der Waals surface area contributed by atoms with Gasteiger partial charge < -0.3 is 14.6 Å². The highest BCUT2D eigenvalue weighted by molar-refractivity contribution is 6.43. The van der Waals surface area contributed by atoms with Crippen molar-refractivity contribution in [3.63, 3.8) is 0 Å². The molecule has 1 aliphatic heterocycles. The second-order valence-electron chi connectivity index (χ2n) is 5.84. The number of rotatable bonds is 5. The van der Waals surface area contributed by atoms with E-state index in [1.165, 1.54) is 11.5 Å². The number of fused-ring (bicyclic) bond motifs is 1. The van der Waals surface area contributed by atoms with Gasteiger partial charge in [0.05, 0.1) is 17.9 Å². The van der Waals surface area contributed by atoms with Gasteiger partial charge in [0.1, 0.15) is 6.04 Å². The Morgan fingerprint density at radius 2 is 1.96 bits per heavy atom. The van der Waals surface area contributed by atoms with Crippen LogP contribution in [-0.4, -0.2) is 41.1 Å². The molecule has 1 amide bonds. The van der Waals surface area contributed by atoms with Crippen LogP contribution in [0.2, 0.25) is 0 Å². The van der Waals surface area contributed by atoms with Crippen molar-refractivity contribution in [2.45, 2.75) is 52.4 Å². The van der Waals surface area contributed by atoms with E-state index in [0.717, 1.165) is 6.92 Å². The van der Waals surface area contributed by atoms with Gasteiger partial charge in [0.15, 0.2) is 0 Å². The number of aromatic nitrogens is 1. The third kappa shape index (κ3) is 3.54. The summed E-state index contributed by atoms with van der Waals surface area (Å²) in [4.78, 5) is 36.5. The normalized spacial score (nSPS) is 14.8. The van der Waals surface area contributed by atoms with Gasteiger partial charge in [0.25, 0.3) is 11.7 Å². The molecule has 138 valence electrons. The monoisotopic (exact) mass is 360 g/mol. The molecule has 0 aromatic carbocycles. The first kappa shape index (κ1) is 19.0. The lowest BCUT2D eigenvalue weighted by Crippen LogP contribution is -2.46. The summed E-state index contributed by atoms with van der Waals surface area (Å²) in [7, 11) is 0. The highest BCUT2D eigenvalue weighted by Crippen LogP contribution is 2.30. The summed E-state index contributed by atoms with van der Waals surface area (Å²) in [5, 5.41) is 1.66. The van der Waals surface area contributed by atoms with Crippen molar-refractivity contribution >= 4 is 17.7 Å². The topological polar surface area (TPSA) is 77.4 Å². The van der Waals surface area contributed by atoms with Crippen LogP contribution in [0.3, 0.4) is 0 Å². The summed E-state index contributed by atoms with van der Waals surface area (Å²) < 4.78 is 44.2. The Morgan fingerprint density at radius 3 is 2.52 bits per heavy atom. The third-order valence-electron chi connectivity index (χ3n) is 4.15. The molecule has 2 heterocycles. The lowest BCUT2D eigenvalue weighted by Gasteiger charge is -2.17. The lowest BCUT2D eigenvalue weighted by molar-refractivity contribution is -0.156. The first-order chi connectivity index (χ1) is 11.6. The second kappa shape index (κ2) is 6.89. The molecule has 0 spiro atoms. The number of esters is 1. The van der Waals surface area contributed by atoms with Gasteiger partial charge in [-0.05, 0) is 39.2 Å². The Hall–Kier alpha value is -2.32. The lowest BCUT2D eigenvalue weighted by atomic mass is 10.1. The van der Waals surface area contributed by atoms with Gasteiger partial charge in [-0.2, -0.15) is 13.2 Å². The Balaban J connectivity index is 2.36. The molecule has 0 radical (unpaired) electrons. The molecule has 6 nitrogen and oxygen atoms in total. The van der Waals surface area contributed by atoms with Crippen molar-refractivity contribution in [2.24, 2.45) is 0 Å². The maximum atomic E-state index is 12.6. The number of halogens is 3. The Morgan fingerprint density at radius 1 is 1.32 bits per heavy atom. The zero-order valence-electron chi connectivity index (χ0n) is 14.1. The van der Waals surface area contributed by atoms with Gasteiger partial charge in [0, 0.05) is 12.2 Å². The highest BCUT2D eigenvalue weighted by Gasteiger charge is 2.39. The summed E-state index contributed by atoms with van der Waals surface area (Å²) in [5.41, 5.74) is 1.01. The van der Waals surface area contributed by atoms with E-state index < -0.39 is 29.9 Å². The zero-order valence-corrected chi connectivity index (χ0v) is 14.1. The molecular formula is C16H19F3N2O4. The number of alkyl halides is 3. The van der Waals surface area contributed by atoms with Crippen molar-refractivity contribution in [1.29, 1.82) is 0 Å². The van der Waals surface area contributed by atoms with Crippen LogP contribution in [0, 0.1) is 6.92 Å². The van der Waals surface area contributed by atoms with Gasteiger partial charge >= 0.3 is 12.1 Å². The van der Waals surface area contributed by atoms with E-state index in [9.17, 15) is 27.6 Å². The standard InChI is InChI=1S/C16H19F3N2O4/c1-4-25-15(24)11-8(2)12(21-7-5-6-10(11)21)13(22)14(23)20-9(3)16(17,18)19/h9H,4-7H2,1-3H3,(H,20,23). The zero-order chi connectivity index (χ0) is 18.9. The van der Waals surface area contributed by atoms with Gasteiger partial charge in [-0.15, -0.1) is 0 Å². The first-order valence-corrected chi connectivity index (χ1v) is 7.90. The minimum atomic E-state index is -4.65. The van der Waals surface area contributed by atoms with Crippen LogP contribution in [0.5, 0.6) is 0 Å². The van der Waals surface area contributed by atoms with Crippen molar-refractivity contribution in [1.82, 2.24) is 9.88 Å². The number of nitrogens with zero attached hydrogens (tertiary/aromatic N) is 1. The number of carbonyl (C=O) groups excluding carboxylic acids is 3. The Kier molecular flexibility index (Phi) is 5.24. The van der Waals surface area contributed by atoms with Crippen molar-refractivity contribution in [2.75, 3.05) is 6.61 Å². The number of ether oxygens (including phenoxy) is 1. The minimum Gasteiger partial charge on any atom is -0.462 e. The maximum Gasteiger partial charge on any atom is 0.408 e. The fourth-order valence-electron chi connectivity index (χ4n) is 2.94. The van der Waals surface area contributed by atoms with Gasteiger partial charge in [-0.3, -0.25) is 9.59 Å². The largest absolute Gasteiger partial charge is 0.462 e. The number of amides is 1. The predicted octanol–water partition coefficient (Wildman–Crippen LogP) is 2.17. The summed E-state index contributed by atoms with van der Waals surface area (Å²) in [5.74, 6) is -3.04. The van der Waals surface area contributed by atoms with Crippen molar-refractivity contribution < 1.29 is 32.3 Å². The smallest absolute Gasteiger partial charge is 0.408 e. The van der Waals surface area contributed by atoms with Gasteiger partial charge in [-0.25, -0.2) is 4.79 Å². The molecule has 0 aliphatic carbocycles. The molecule has 1 aromatic heterocycles. The average molecular weight is 360 g/mol. The maximum absolute atomic E-state index is 12.6. The molecular weight excluding hydrogens is 341 g/mol. The molecule has 1 aliphatic rings. The average Bonchev–Trinajstić information content (AvgIpc) is 3.04. The van der Waals surface area contributed by atoms with Crippen molar-refractivity contribution in [3.8, 4) is 0 Å². The van der Waals surface area contributed by atoms with E-state index >= 15 is 0 Å². The number of carbonyl (C=O) groups is 3. The van der Waals surface area contributed by atoms with Crippen LogP contribution in [0.4, 0.5) is 13.2 Å². The summed E-state index contributed by atoms with van der Waals surface area (Å²) in [6.45, 7) is 4.45. The summed E-state index contributed by atoms with van der Waals surface area (Å²) in [6.07, 6.45) is -3.45. The first-order valence-electron chi connectivity index (χ1n) is 7.90. The van der Waals surface area contributed by atoms with Crippen LogP contribution in [0.15, 0.2) is 0 Å². The molecule has 1 N–H and O–H groups in total. The minimum absolute atomic E-state index is 0.0533. The highest BCUT2D eigenvalue weighted by atomic mass is 19.4. The molecule has 1 atom stereocenters. The predicted molar refractivity (Wildman–Crippen MR) is 81.4 cm³/mol. The van der Waals surface area contributed by atoms with Gasteiger partial charge in [0.2, 0.25) is 0 Å². The van der Waals surface area contributed by atoms with E-state index in [2.05, 4.69) is 0 Å². The fourth-order valence-corrected chi connectivity index (χ4v) is 2.94. The molecule has 0 saturated carbocycles. The van der Waals surface area contributed by atoms with Crippen molar-refractivity contribution in [3.05, 3.63) is 22.5 Å². The second-order valence-corrected chi connectivity index (χ2v) is 5.84. The van der Waals surface area contributed by atoms with Crippen LogP contribution in [-0.2, 0) is 22.5 Å². The molecule has 9 heteroatoms. The molecule has 1 aromatic rings. The SMILES string of the molecule is CCOC(=O)c1c(C)c(C(=O)C(=O)NC(C)C(F)(F)F)n2c1CCC2. The fraction of sp³-hybridized carbons (Fsp3) is 0.562. The summed E-state index contributed by atoms with van der Waals surface area (Å²) in [6, 6.07) is -2.15. The van der Waals surface area contributed by atoms with Crippen LogP contribution in [0.1, 0.15) is 52.4 Å². The molecule has 2 rings (SSSR count). The third-order valence-corrected chi connectivity index (χ3v) is 4.15. The molecule has 0 fully saturated rings. The number of ketones is 1. The molecule has 1 unspecified atom stereocenters. The number of hydrogen-bond acceptors (Lipinski definition) is 4. The molecule has 0 bridgehead atoms. The molecule has 25 heavy (non-hydrogen) atoms. The van der Waals surface area contributed by atoms with E-state index in [4.69, 9.17) is 4.74 Å². The Bertz CT molecular complexity index is 722. The van der Waals surface area contributed by atoms with Crippen LogP contribution < -0.4 is 5.32 Å². The van der Waals surface area contributed by atoms with E-state index in [1.807, 2.05) is 0 Å². The summed E-state index contributed by atoms with van der Waals surface area (Å²) >= 11 is 0. The van der Waals surface area contributed by atoms with E-state index in [-0.39, 0.29) is 23.4 Å². The Labute approximate surface area is 142 Å². The number of Topliss-reactive ketones (excluding diaryl/α,β-unsaturated/α-hetero) is 1. The van der Waals surface area contributed by atoms with E-state index in [0.29, 0.717) is 25.1 Å². The number of hydrogen-bond donors (Lipinski definition) is 1. The quantitative estimate of drug-likeness (QED) is 0.496. The van der Waals surface area contributed by atoms with Crippen LogP contribution in [0.25, 0.3) is 0 Å². The van der Waals surface area contributed by atoms with Crippen LogP contribution >= 0.6 is 0 Å². The van der Waals surface area contributed by atoms with Gasteiger partial charge in [-0.1, -0.05) is 0 Å².